The van der Waals surface area contributed by atoms with Gasteiger partial charge in [-0.15, -0.1) is 0 Å². The molecule has 0 saturated carbocycles. The topological polar surface area (TPSA) is 52.6 Å². The zero-order valence-electron chi connectivity index (χ0n) is 12.9. The van der Waals surface area contributed by atoms with Crippen LogP contribution in [0.2, 0.25) is 0 Å². The highest BCUT2D eigenvalue weighted by Crippen LogP contribution is 2.11. The van der Waals surface area contributed by atoms with E-state index in [0.29, 0.717) is 26.1 Å². The molecule has 4 heteroatoms. The van der Waals surface area contributed by atoms with Crippen LogP contribution < -0.4 is 0 Å². The van der Waals surface area contributed by atoms with E-state index in [9.17, 15) is 9.59 Å². The van der Waals surface area contributed by atoms with Gasteiger partial charge in [-0.1, -0.05) is 51.4 Å². The van der Waals surface area contributed by atoms with Crippen LogP contribution in [0.25, 0.3) is 0 Å². The summed E-state index contributed by atoms with van der Waals surface area (Å²) in [5.41, 5.74) is 0. The first-order valence-electron chi connectivity index (χ1n) is 8.02. The Morgan fingerprint density at radius 1 is 0.850 bits per heavy atom. The maximum Gasteiger partial charge on any atom is 0.305 e. The number of hydrogen-bond acceptors (Lipinski definition) is 4. The third kappa shape index (κ3) is 15.0. The molecule has 118 valence electrons. The van der Waals surface area contributed by atoms with E-state index in [-0.39, 0.29) is 5.97 Å². The molecule has 0 aliphatic heterocycles. The minimum absolute atomic E-state index is 0.0638. The van der Waals surface area contributed by atoms with Crippen molar-refractivity contribution < 1.29 is 19.1 Å². The second-order valence-electron chi connectivity index (χ2n) is 5.06. The smallest absolute Gasteiger partial charge is 0.305 e. The van der Waals surface area contributed by atoms with Gasteiger partial charge in [-0.05, 0) is 19.8 Å². The van der Waals surface area contributed by atoms with E-state index in [1.54, 1.807) is 0 Å². The molecule has 4 nitrogen and oxygen atoms in total. The van der Waals surface area contributed by atoms with Crippen molar-refractivity contribution in [2.75, 3.05) is 13.2 Å². The van der Waals surface area contributed by atoms with Crippen LogP contribution in [-0.2, 0) is 19.1 Å². The van der Waals surface area contributed by atoms with Crippen LogP contribution in [0.3, 0.4) is 0 Å². The molecule has 0 N–H and O–H groups in total. The molecule has 0 atom stereocenters. The molecule has 0 bridgehead atoms. The van der Waals surface area contributed by atoms with Crippen LogP contribution in [0, 0.1) is 0 Å². The summed E-state index contributed by atoms with van der Waals surface area (Å²) in [6.07, 6.45) is 12.3. The lowest BCUT2D eigenvalue weighted by molar-refractivity contribution is -0.143. The van der Waals surface area contributed by atoms with E-state index < -0.39 is 0 Å². The molecule has 20 heavy (non-hydrogen) atoms. The Labute approximate surface area is 123 Å². The number of esters is 1. The predicted octanol–water partition coefficient (Wildman–Crippen LogP) is 4.01. The third-order valence-corrected chi connectivity index (χ3v) is 3.27. The standard InChI is InChI=1S/C16H30O4/c1-2-20-16(18)13-11-9-7-5-3-4-6-8-10-12-14-19-15-17/h15H,2-14H2,1H3. The number of ether oxygens (including phenoxy) is 2. The molecule has 0 aromatic rings. The average Bonchev–Trinajstić information content (AvgIpc) is 2.44. The molecule has 0 unspecified atom stereocenters. The minimum atomic E-state index is -0.0638. The van der Waals surface area contributed by atoms with Crippen molar-refractivity contribution in [2.24, 2.45) is 0 Å². The van der Waals surface area contributed by atoms with E-state index in [1.807, 2.05) is 6.92 Å². The van der Waals surface area contributed by atoms with Gasteiger partial charge in [0.05, 0.1) is 13.2 Å². The molecule has 0 amide bonds. The summed E-state index contributed by atoms with van der Waals surface area (Å²) in [6, 6.07) is 0. The number of carbonyl (C=O) groups excluding carboxylic acids is 2. The molecule has 0 spiro atoms. The van der Waals surface area contributed by atoms with Gasteiger partial charge in [-0.2, -0.15) is 0 Å². The second kappa shape index (κ2) is 16.0. The highest BCUT2D eigenvalue weighted by molar-refractivity contribution is 5.69. The lowest BCUT2D eigenvalue weighted by Crippen LogP contribution is -2.03. The van der Waals surface area contributed by atoms with E-state index in [2.05, 4.69) is 4.74 Å². The van der Waals surface area contributed by atoms with Crippen LogP contribution in [0.15, 0.2) is 0 Å². The van der Waals surface area contributed by atoms with Gasteiger partial charge in [0.2, 0.25) is 0 Å². The van der Waals surface area contributed by atoms with Crippen molar-refractivity contribution in [3.8, 4) is 0 Å². The SMILES string of the molecule is CCOC(=O)CCCCCCCCCCCCOC=O. The lowest BCUT2D eigenvalue weighted by atomic mass is 10.1. The van der Waals surface area contributed by atoms with Crippen molar-refractivity contribution >= 4 is 12.4 Å². The summed E-state index contributed by atoms with van der Waals surface area (Å²) in [7, 11) is 0. The summed E-state index contributed by atoms with van der Waals surface area (Å²) >= 11 is 0. The highest BCUT2D eigenvalue weighted by Gasteiger charge is 2.00. The fraction of sp³-hybridized carbons (Fsp3) is 0.875. The quantitative estimate of drug-likeness (QED) is 0.259. The van der Waals surface area contributed by atoms with E-state index >= 15 is 0 Å². The average molecular weight is 286 g/mol. The van der Waals surface area contributed by atoms with Gasteiger partial charge in [0.15, 0.2) is 0 Å². The first kappa shape index (κ1) is 18.9. The Kier molecular flexibility index (Phi) is 15.1. The van der Waals surface area contributed by atoms with E-state index in [4.69, 9.17) is 4.74 Å². The first-order chi connectivity index (χ1) is 9.81. The Morgan fingerprint density at radius 3 is 1.85 bits per heavy atom. The van der Waals surface area contributed by atoms with E-state index in [0.717, 1.165) is 25.7 Å². The number of rotatable bonds is 15. The van der Waals surface area contributed by atoms with Crippen molar-refractivity contribution in [3.05, 3.63) is 0 Å². The molecule has 0 aliphatic rings. The largest absolute Gasteiger partial charge is 0.468 e. The van der Waals surface area contributed by atoms with Crippen LogP contribution in [0.4, 0.5) is 0 Å². The summed E-state index contributed by atoms with van der Waals surface area (Å²) in [6.45, 7) is 3.40. The highest BCUT2D eigenvalue weighted by atomic mass is 16.5. The third-order valence-electron chi connectivity index (χ3n) is 3.27. The summed E-state index contributed by atoms with van der Waals surface area (Å²) in [5, 5.41) is 0. The first-order valence-corrected chi connectivity index (χ1v) is 8.02. The fourth-order valence-corrected chi connectivity index (χ4v) is 2.15. The van der Waals surface area contributed by atoms with Gasteiger partial charge in [0.25, 0.3) is 6.47 Å². The van der Waals surface area contributed by atoms with Crippen molar-refractivity contribution in [1.82, 2.24) is 0 Å². The van der Waals surface area contributed by atoms with Crippen molar-refractivity contribution in [3.63, 3.8) is 0 Å². The lowest BCUT2D eigenvalue weighted by Gasteiger charge is -2.03. The molecule has 0 aromatic heterocycles. The van der Waals surface area contributed by atoms with Gasteiger partial charge >= 0.3 is 5.97 Å². The molecule has 0 aromatic carbocycles. The molecule has 0 radical (unpaired) electrons. The zero-order chi connectivity index (χ0) is 14.9. The summed E-state index contributed by atoms with van der Waals surface area (Å²) < 4.78 is 9.52. The Morgan fingerprint density at radius 2 is 1.35 bits per heavy atom. The number of carbonyl (C=O) groups is 2. The van der Waals surface area contributed by atoms with Crippen molar-refractivity contribution in [1.29, 1.82) is 0 Å². The molecule has 0 saturated heterocycles. The van der Waals surface area contributed by atoms with Crippen molar-refractivity contribution in [2.45, 2.75) is 77.6 Å². The summed E-state index contributed by atoms with van der Waals surface area (Å²) in [4.78, 5) is 21.0. The molecule has 0 aliphatic carbocycles. The molecular weight excluding hydrogens is 256 g/mol. The number of unbranched alkanes of at least 4 members (excludes halogenated alkanes) is 9. The van der Waals surface area contributed by atoms with Crippen LogP contribution >= 0.6 is 0 Å². The molecule has 0 rings (SSSR count). The van der Waals surface area contributed by atoms with Crippen LogP contribution in [0.1, 0.15) is 77.6 Å². The molecule has 0 fully saturated rings. The minimum Gasteiger partial charge on any atom is -0.468 e. The molecule has 0 heterocycles. The Bertz CT molecular complexity index is 229. The summed E-state index contributed by atoms with van der Waals surface area (Å²) in [5.74, 6) is -0.0638. The van der Waals surface area contributed by atoms with Gasteiger partial charge < -0.3 is 9.47 Å². The Balaban J connectivity index is 3.02. The van der Waals surface area contributed by atoms with Gasteiger partial charge in [-0.3, -0.25) is 9.59 Å². The normalized spacial score (nSPS) is 10.2. The molecular formula is C16H30O4. The fourth-order valence-electron chi connectivity index (χ4n) is 2.15. The monoisotopic (exact) mass is 286 g/mol. The maximum atomic E-state index is 11.1. The van der Waals surface area contributed by atoms with Gasteiger partial charge in [0.1, 0.15) is 0 Å². The van der Waals surface area contributed by atoms with Gasteiger partial charge in [-0.25, -0.2) is 0 Å². The maximum absolute atomic E-state index is 11.1. The van der Waals surface area contributed by atoms with Crippen LogP contribution in [-0.4, -0.2) is 25.7 Å². The predicted molar refractivity (Wildman–Crippen MR) is 79.4 cm³/mol. The van der Waals surface area contributed by atoms with E-state index in [1.165, 1.54) is 38.5 Å². The van der Waals surface area contributed by atoms with Gasteiger partial charge in [0, 0.05) is 6.42 Å². The second-order valence-corrected chi connectivity index (χ2v) is 5.06. The van der Waals surface area contributed by atoms with Crippen LogP contribution in [0.5, 0.6) is 0 Å². The Hall–Kier alpha value is -1.06. The number of hydrogen-bond donors (Lipinski definition) is 0. The zero-order valence-corrected chi connectivity index (χ0v) is 12.9.